The number of rotatable bonds is 9. The van der Waals surface area contributed by atoms with Gasteiger partial charge in [0, 0.05) is 5.56 Å². The van der Waals surface area contributed by atoms with Crippen molar-refractivity contribution < 1.29 is 19.1 Å². The molecule has 1 amide bonds. The van der Waals surface area contributed by atoms with E-state index in [9.17, 15) is 9.59 Å². The summed E-state index contributed by atoms with van der Waals surface area (Å²) in [4.78, 5) is 28.2. The van der Waals surface area contributed by atoms with Crippen molar-refractivity contribution in [3.05, 3.63) is 115 Å². The molecule has 0 saturated heterocycles. The summed E-state index contributed by atoms with van der Waals surface area (Å²) in [7, 11) is 0. The van der Waals surface area contributed by atoms with E-state index in [-0.39, 0.29) is 17.2 Å². The van der Waals surface area contributed by atoms with E-state index in [1.54, 1.807) is 60.7 Å². The Labute approximate surface area is 202 Å². The molecule has 4 aromatic rings. The summed E-state index contributed by atoms with van der Waals surface area (Å²) in [6, 6.07) is 25.9. The molecular formula is C28H23N3O4. The second-order valence-electron chi connectivity index (χ2n) is 7.61. The number of amides is 1. The zero-order valence-electron chi connectivity index (χ0n) is 18.8. The summed E-state index contributed by atoms with van der Waals surface area (Å²) in [6.45, 7) is 3.46. The summed E-state index contributed by atoms with van der Waals surface area (Å²) in [6.07, 6.45) is 1.20. The zero-order chi connectivity index (χ0) is 24.8. The van der Waals surface area contributed by atoms with Gasteiger partial charge in [-0.25, -0.2) is 4.98 Å². The fraction of sp³-hybridized carbons (Fsp3) is 0.0357. The van der Waals surface area contributed by atoms with Crippen LogP contribution in [0.25, 0.3) is 11.3 Å². The van der Waals surface area contributed by atoms with Gasteiger partial charge in [0.05, 0.1) is 11.7 Å². The minimum atomic E-state index is -0.778. The maximum absolute atomic E-state index is 12.0. The first-order chi connectivity index (χ1) is 16.9. The molecule has 1 atom stereocenters. The number of benzene rings is 3. The molecule has 4 N–H and O–H groups in total. The third-order valence-corrected chi connectivity index (χ3v) is 5.22. The average molecular weight is 466 g/mol. The van der Waals surface area contributed by atoms with Gasteiger partial charge in [0.15, 0.2) is 5.78 Å². The van der Waals surface area contributed by atoms with Crippen LogP contribution in [0.3, 0.4) is 0 Å². The van der Waals surface area contributed by atoms with Crippen LogP contribution >= 0.6 is 0 Å². The van der Waals surface area contributed by atoms with E-state index >= 15 is 0 Å². The van der Waals surface area contributed by atoms with Crippen molar-refractivity contribution in [3.8, 4) is 34.4 Å². The summed E-state index contributed by atoms with van der Waals surface area (Å²) < 4.78 is 11.7. The van der Waals surface area contributed by atoms with Gasteiger partial charge in [-0.15, -0.1) is 0 Å². The topological polar surface area (TPSA) is 118 Å². The number of nitrogens with two attached hydrogens (primary N) is 2. The first-order valence-electron chi connectivity index (χ1n) is 10.8. The molecule has 35 heavy (non-hydrogen) atoms. The molecule has 3 aromatic carbocycles. The molecule has 0 aliphatic carbocycles. The van der Waals surface area contributed by atoms with Crippen molar-refractivity contribution in [1.82, 2.24) is 4.98 Å². The van der Waals surface area contributed by atoms with Crippen molar-refractivity contribution in [2.75, 3.05) is 0 Å². The van der Waals surface area contributed by atoms with Crippen LogP contribution in [0.5, 0.6) is 23.1 Å². The molecule has 0 aliphatic heterocycles. The molecule has 7 heteroatoms. The Kier molecular flexibility index (Phi) is 6.99. The summed E-state index contributed by atoms with van der Waals surface area (Å²) in [5.74, 6) is 0.960. The number of carbonyl (C=O) groups excluding carboxylic acids is 2. The molecule has 4 rings (SSSR count). The molecule has 0 aliphatic rings. The summed E-state index contributed by atoms with van der Waals surface area (Å²) >= 11 is 0. The second kappa shape index (κ2) is 10.5. The second-order valence-corrected chi connectivity index (χ2v) is 7.61. The number of carbonyl (C=O) groups is 2. The monoisotopic (exact) mass is 465 g/mol. The summed E-state index contributed by atoms with van der Waals surface area (Å²) in [5.41, 5.74) is 13.6. The van der Waals surface area contributed by atoms with E-state index in [0.717, 1.165) is 5.56 Å². The average Bonchev–Trinajstić information content (AvgIpc) is 2.89. The molecule has 174 valence electrons. The van der Waals surface area contributed by atoms with E-state index in [0.29, 0.717) is 28.5 Å². The minimum Gasteiger partial charge on any atom is -0.457 e. The molecule has 1 aromatic heterocycles. The zero-order valence-corrected chi connectivity index (χ0v) is 18.8. The van der Waals surface area contributed by atoms with Gasteiger partial charge in [-0.2, -0.15) is 0 Å². The Morgan fingerprint density at radius 3 is 2.00 bits per heavy atom. The maximum Gasteiger partial charge on any atom is 0.254 e. The number of pyridine rings is 1. The van der Waals surface area contributed by atoms with Gasteiger partial charge in [-0.05, 0) is 60.2 Å². The van der Waals surface area contributed by atoms with Crippen LogP contribution in [0, 0.1) is 0 Å². The van der Waals surface area contributed by atoms with Crippen LogP contribution in [0.1, 0.15) is 22.0 Å². The highest BCUT2D eigenvalue weighted by atomic mass is 16.5. The number of nitrogens with zero attached hydrogens (tertiary/aromatic N) is 1. The standard InChI is InChI=1S/C28H23N3O4/c1-2-25(32)26(29)19-10-8-18(9-11-19)24-17-16-23(27(30)33)28(31-24)35-22-14-12-21(13-15-22)34-20-6-4-3-5-7-20/h2-17,26H,1,29H2,(H2,30,33). The van der Waals surface area contributed by atoms with E-state index in [1.165, 1.54) is 6.08 Å². The third kappa shape index (κ3) is 5.61. The number of aromatic nitrogens is 1. The Morgan fingerprint density at radius 1 is 0.800 bits per heavy atom. The SMILES string of the molecule is C=CC(=O)C(N)c1ccc(-c2ccc(C(N)=O)c(Oc3ccc(Oc4ccccc4)cc3)n2)cc1. The first kappa shape index (κ1) is 23.4. The highest BCUT2D eigenvalue weighted by molar-refractivity contribution is 5.95. The van der Waals surface area contributed by atoms with Crippen LogP contribution in [-0.4, -0.2) is 16.7 Å². The summed E-state index contributed by atoms with van der Waals surface area (Å²) in [5, 5.41) is 0. The number of para-hydroxylation sites is 1. The van der Waals surface area contributed by atoms with Crippen molar-refractivity contribution in [2.45, 2.75) is 6.04 Å². The van der Waals surface area contributed by atoms with Gasteiger partial charge in [-0.1, -0.05) is 49.0 Å². The lowest BCUT2D eigenvalue weighted by Crippen LogP contribution is -2.19. The van der Waals surface area contributed by atoms with Gasteiger partial charge in [0.1, 0.15) is 22.8 Å². The van der Waals surface area contributed by atoms with Crippen LogP contribution in [0.15, 0.2) is 104 Å². The fourth-order valence-electron chi connectivity index (χ4n) is 3.33. The normalized spacial score (nSPS) is 11.3. The van der Waals surface area contributed by atoms with E-state index in [2.05, 4.69) is 11.6 Å². The van der Waals surface area contributed by atoms with Gasteiger partial charge < -0.3 is 20.9 Å². The Hall–Kier alpha value is -4.75. The largest absolute Gasteiger partial charge is 0.457 e. The van der Waals surface area contributed by atoms with E-state index in [4.69, 9.17) is 20.9 Å². The van der Waals surface area contributed by atoms with Crippen molar-refractivity contribution in [1.29, 1.82) is 0 Å². The Bertz CT molecular complexity index is 1350. The lowest BCUT2D eigenvalue weighted by Gasteiger charge is -2.12. The van der Waals surface area contributed by atoms with Gasteiger partial charge in [0.25, 0.3) is 5.91 Å². The Morgan fingerprint density at radius 2 is 1.40 bits per heavy atom. The van der Waals surface area contributed by atoms with Crippen LogP contribution in [0.4, 0.5) is 0 Å². The predicted molar refractivity (Wildman–Crippen MR) is 133 cm³/mol. The van der Waals surface area contributed by atoms with E-state index in [1.807, 2.05) is 30.3 Å². The molecule has 0 bridgehead atoms. The molecular weight excluding hydrogens is 442 g/mol. The smallest absolute Gasteiger partial charge is 0.254 e. The van der Waals surface area contributed by atoms with Crippen LogP contribution < -0.4 is 20.9 Å². The lowest BCUT2D eigenvalue weighted by molar-refractivity contribution is -0.115. The maximum atomic E-state index is 12.0. The van der Waals surface area contributed by atoms with Crippen LogP contribution in [0.2, 0.25) is 0 Å². The predicted octanol–water partition coefficient (Wildman–Crippen LogP) is 5.19. The lowest BCUT2D eigenvalue weighted by atomic mass is 10.0. The third-order valence-electron chi connectivity index (χ3n) is 5.22. The molecule has 0 fully saturated rings. The number of hydrogen-bond donors (Lipinski definition) is 2. The van der Waals surface area contributed by atoms with Crippen LogP contribution in [-0.2, 0) is 4.79 Å². The number of ether oxygens (including phenoxy) is 2. The molecule has 0 saturated carbocycles. The van der Waals surface area contributed by atoms with E-state index < -0.39 is 11.9 Å². The fourth-order valence-corrected chi connectivity index (χ4v) is 3.33. The minimum absolute atomic E-state index is 0.0781. The van der Waals surface area contributed by atoms with Crippen molar-refractivity contribution >= 4 is 11.7 Å². The van der Waals surface area contributed by atoms with Gasteiger partial charge >= 0.3 is 0 Å². The molecule has 7 nitrogen and oxygen atoms in total. The molecule has 0 spiro atoms. The number of hydrogen-bond acceptors (Lipinski definition) is 6. The Balaban J connectivity index is 1.56. The number of primary amides is 1. The van der Waals surface area contributed by atoms with Crippen molar-refractivity contribution in [3.63, 3.8) is 0 Å². The first-order valence-corrected chi connectivity index (χ1v) is 10.8. The van der Waals surface area contributed by atoms with Crippen molar-refractivity contribution in [2.24, 2.45) is 11.5 Å². The highest BCUT2D eigenvalue weighted by Gasteiger charge is 2.16. The van der Waals surface area contributed by atoms with Gasteiger partial charge in [0.2, 0.25) is 5.88 Å². The molecule has 1 heterocycles. The number of ketones is 1. The quantitative estimate of drug-likeness (QED) is 0.329. The van der Waals surface area contributed by atoms with Gasteiger partial charge in [-0.3, -0.25) is 9.59 Å². The molecule has 0 radical (unpaired) electrons. The highest BCUT2D eigenvalue weighted by Crippen LogP contribution is 2.30. The molecule has 1 unspecified atom stereocenters.